The van der Waals surface area contributed by atoms with Gasteiger partial charge in [0.05, 0.1) is 17.1 Å². The smallest absolute Gasteiger partial charge is 0.336 e. The van der Waals surface area contributed by atoms with Crippen LogP contribution >= 0.6 is 0 Å². The van der Waals surface area contributed by atoms with Crippen LogP contribution in [-0.4, -0.2) is 96.3 Å². The number of carbonyl (C=O) groups is 3. The van der Waals surface area contributed by atoms with Crippen molar-refractivity contribution < 1.29 is 53.0 Å². The van der Waals surface area contributed by atoms with Crippen LogP contribution in [0, 0.1) is 5.92 Å². The fraction of sp³-hybridized carbons (Fsp3) is 0.621. The van der Waals surface area contributed by atoms with E-state index in [9.17, 15) is 24.6 Å². The predicted octanol–water partition coefficient (Wildman–Crippen LogP) is 1.46. The highest BCUT2D eigenvalue weighted by molar-refractivity contribution is 5.93. The summed E-state index contributed by atoms with van der Waals surface area (Å²) < 4.78 is 31.4. The van der Waals surface area contributed by atoms with Gasteiger partial charge in [-0.05, 0) is 52.7 Å². The van der Waals surface area contributed by atoms with Crippen molar-refractivity contribution in [2.75, 3.05) is 13.2 Å². The lowest BCUT2D eigenvalue weighted by molar-refractivity contribution is -0.142. The van der Waals surface area contributed by atoms with Crippen molar-refractivity contribution in [3.05, 3.63) is 47.6 Å². The zero-order valence-corrected chi connectivity index (χ0v) is 23.1. The zero-order valence-electron chi connectivity index (χ0n) is 23.1. The number of allylic oxidation sites excluding steroid dienone is 2. The minimum Gasteiger partial charge on any atom is -0.463 e. The highest BCUT2D eigenvalue weighted by atomic mass is 16.6. The largest absolute Gasteiger partial charge is 0.463 e. The lowest BCUT2D eigenvalue weighted by Gasteiger charge is -2.28. The van der Waals surface area contributed by atoms with Crippen LogP contribution < -0.4 is 0 Å². The molecule has 6 heterocycles. The first kappa shape index (κ1) is 30.1. The zero-order chi connectivity index (χ0) is 29.0. The molecule has 6 aliphatic heterocycles. The summed E-state index contributed by atoms with van der Waals surface area (Å²) in [5, 5.41) is 19.4. The molecule has 0 aromatic carbocycles. The van der Waals surface area contributed by atoms with E-state index in [0.717, 1.165) is 19.4 Å². The van der Waals surface area contributed by atoms with Gasteiger partial charge in [0.1, 0.15) is 61.5 Å². The van der Waals surface area contributed by atoms with Gasteiger partial charge in [-0.1, -0.05) is 24.3 Å². The van der Waals surface area contributed by atoms with Gasteiger partial charge < -0.3 is 38.6 Å². The van der Waals surface area contributed by atoms with Crippen LogP contribution in [0.4, 0.5) is 0 Å². The normalized spacial score (nSPS) is 39.9. The molecular weight excluding hydrogens is 524 g/mol. The lowest BCUT2D eigenvalue weighted by atomic mass is 9.97. The van der Waals surface area contributed by atoms with Gasteiger partial charge in [-0.25, -0.2) is 9.59 Å². The van der Waals surface area contributed by atoms with Gasteiger partial charge in [0, 0.05) is 6.61 Å². The average Bonchev–Trinajstić information content (AvgIpc) is 3.53. The van der Waals surface area contributed by atoms with Crippen LogP contribution in [-0.2, 0) is 42.8 Å². The van der Waals surface area contributed by atoms with E-state index in [1.54, 1.807) is 26.0 Å². The van der Waals surface area contributed by atoms with Crippen LogP contribution in [0.5, 0.6) is 0 Å². The van der Waals surface area contributed by atoms with Crippen molar-refractivity contribution >= 4 is 17.9 Å². The average molecular weight is 563 g/mol. The number of cyclic esters (lactones) is 3. The van der Waals surface area contributed by atoms with E-state index >= 15 is 0 Å². The molecule has 0 aliphatic carbocycles. The third-order valence-corrected chi connectivity index (χ3v) is 7.40. The van der Waals surface area contributed by atoms with Gasteiger partial charge >= 0.3 is 17.9 Å². The molecule has 4 fully saturated rings. The van der Waals surface area contributed by atoms with Crippen LogP contribution in [0.25, 0.3) is 0 Å². The summed E-state index contributed by atoms with van der Waals surface area (Å²) >= 11 is 0. The summed E-state index contributed by atoms with van der Waals surface area (Å²) in [6, 6.07) is 0. The molecule has 0 aromatic rings. The first-order valence-electron chi connectivity index (χ1n) is 13.7. The van der Waals surface area contributed by atoms with E-state index in [1.807, 2.05) is 26.0 Å². The highest BCUT2D eigenvalue weighted by Crippen LogP contribution is 2.32. The third-order valence-electron chi connectivity index (χ3n) is 7.40. The van der Waals surface area contributed by atoms with Crippen LogP contribution in [0.1, 0.15) is 40.5 Å². The fourth-order valence-corrected chi connectivity index (χ4v) is 5.33. The molecule has 0 spiro atoms. The summed E-state index contributed by atoms with van der Waals surface area (Å²) in [4.78, 5) is 33.6. The quantitative estimate of drug-likeness (QED) is 0.286. The van der Waals surface area contributed by atoms with E-state index in [0.29, 0.717) is 17.8 Å². The van der Waals surface area contributed by atoms with Crippen LogP contribution in [0.3, 0.4) is 0 Å². The van der Waals surface area contributed by atoms with Gasteiger partial charge in [-0.2, -0.15) is 0 Å². The van der Waals surface area contributed by atoms with Crippen LogP contribution in [0.15, 0.2) is 47.6 Å². The molecule has 0 radical (unpaired) electrons. The maximum atomic E-state index is 11.3. The molecule has 40 heavy (non-hydrogen) atoms. The number of aliphatic hydroxyl groups is 2. The maximum absolute atomic E-state index is 11.3. The summed E-state index contributed by atoms with van der Waals surface area (Å²) in [7, 11) is 0. The van der Waals surface area contributed by atoms with E-state index in [4.69, 9.17) is 28.4 Å². The number of rotatable bonds is 2. The Labute approximate surface area is 233 Å². The standard InChI is InChI=1S/2C11H14O4.C7H10O3/c2*1-3-4-9-8(12)5-7-10(15-9)6(2)14-11(7)13;8-7-5-2-1-3-9-6(5)4-10-7/h2*3-6,8-10,12H,1-2H3;5-6H,1-4H2/b2*4-3+;/t2*6-,8+,9+,10+;/m00./s1. The predicted molar refractivity (Wildman–Crippen MR) is 140 cm³/mol. The molecule has 0 saturated carbocycles. The minimum atomic E-state index is -0.773. The van der Waals surface area contributed by atoms with Crippen molar-refractivity contribution in [1.29, 1.82) is 0 Å². The minimum absolute atomic E-state index is 0.0498. The van der Waals surface area contributed by atoms with Crippen molar-refractivity contribution in [1.82, 2.24) is 0 Å². The molecule has 0 amide bonds. The SMILES string of the molecule is C/C=C/[C@H]1O[C@H]2C(=C[C@H]1O)C(=O)O[C@H]2C.C/C=C/[C@H]1O[C@H]2C(=C[C@H]1O)C(=O)O[C@H]2C.O=C1OCC2OCCCC12. The Morgan fingerprint density at radius 1 is 0.825 bits per heavy atom. The molecule has 4 saturated heterocycles. The molecule has 11 nitrogen and oxygen atoms in total. The number of carbonyl (C=O) groups excluding carboxylic acids is 3. The molecule has 11 heteroatoms. The molecule has 0 aromatic heterocycles. The maximum Gasteiger partial charge on any atom is 0.336 e. The summed E-state index contributed by atoms with van der Waals surface area (Å²) in [5.41, 5.74) is 0.881. The Morgan fingerprint density at radius 2 is 1.32 bits per heavy atom. The fourth-order valence-electron chi connectivity index (χ4n) is 5.33. The van der Waals surface area contributed by atoms with Gasteiger partial charge in [0.25, 0.3) is 0 Å². The van der Waals surface area contributed by atoms with E-state index in [1.165, 1.54) is 12.2 Å². The number of aliphatic hydroxyl groups excluding tert-OH is 2. The topological polar surface area (TPSA) is 147 Å². The van der Waals surface area contributed by atoms with Crippen molar-refractivity contribution in [2.45, 2.75) is 95.5 Å². The van der Waals surface area contributed by atoms with Crippen molar-refractivity contribution in [3.63, 3.8) is 0 Å². The van der Waals surface area contributed by atoms with E-state index < -0.39 is 12.2 Å². The molecule has 2 unspecified atom stereocenters. The second kappa shape index (κ2) is 13.2. The van der Waals surface area contributed by atoms with Crippen molar-refractivity contribution in [2.24, 2.45) is 5.92 Å². The monoisotopic (exact) mass is 562 g/mol. The van der Waals surface area contributed by atoms with Crippen LogP contribution in [0.2, 0.25) is 0 Å². The number of hydrogen-bond donors (Lipinski definition) is 2. The molecule has 6 aliphatic rings. The lowest BCUT2D eigenvalue weighted by Crippen LogP contribution is -2.38. The molecule has 10 atom stereocenters. The van der Waals surface area contributed by atoms with Crippen molar-refractivity contribution in [3.8, 4) is 0 Å². The van der Waals surface area contributed by atoms with Gasteiger partial charge in [-0.3, -0.25) is 4.79 Å². The second-order valence-electron chi connectivity index (χ2n) is 10.3. The highest BCUT2D eigenvalue weighted by Gasteiger charge is 2.44. The number of ether oxygens (including phenoxy) is 6. The molecule has 220 valence electrons. The molecular formula is C29H38O11. The first-order valence-corrected chi connectivity index (χ1v) is 13.7. The Kier molecular flexibility index (Phi) is 9.96. The summed E-state index contributed by atoms with van der Waals surface area (Å²) in [6.45, 7) is 8.55. The third kappa shape index (κ3) is 6.55. The number of esters is 3. The Hall–Kier alpha value is -2.83. The summed E-state index contributed by atoms with van der Waals surface area (Å²) in [6.07, 6.45) is 8.69. The Balaban J connectivity index is 0.000000142. The second-order valence-corrected chi connectivity index (χ2v) is 10.3. The van der Waals surface area contributed by atoms with Gasteiger partial charge in [0.15, 0.2) is 0 Å². The Bertz CT molecular complexity index is 1010. The summed E-state index contributed by atoms with van der Waals surface area (Å²) in [5.74, 6) is -0.783. The van der Waals surface area contributed by atoms with Gasteiger partial charge in [-0.15, -0.1) is 0 Å². The van der Waals surface area contributed by atoms with E-state index in [2.05, 4.69) is 0 Å². The molecule has 0 bridgehead atoms. The molecule has 6 rings (SSSR count). The molecule has 2 N–H and O–H groups in total. The number of fused-ring (bicyclic) bond motifs is 3. The number of hydrogen-bond acceptors (Lipinski definition) is 11. The first-order chi connectivity index (χ1) is 19.1. The van der Waals surface area contributed by atoms with Gasteiger partial charge in [0.2, 0.25) is 0 Å². The van der Waals surface area contributed by atoms with E-state index in [-0.39, 0.29) is 66.6 Å². The Morgan fingerprint density at radius 3 is 1.77 bits per heavy atom.